The first-order valence-electron chi connectivity index (χ1n) is 2.67. The van der Waals surface area contributed by atoms with Crippen molar-refractivity contribution in [2.75, 3.05) is 0 Å². The fourth-order valence-corrected chi connectivity index (χ4v) is 1.12. The summed E-state index contributed by atoms with van der Waals surface area (Å²) >= 11 is 1.43. The lowest BCUT2D eigenvalue weighted by Crippen LogP contribution is -2.06. The van der Waals surface area contributed by atoms with Crippen LogP contribution in [-0.2, 0) is 0 Å². The van der Waals surface area contributed by atoms with Gasteiger partial charge in [-0.2, -0.15) is 0 Å². The van der Waals surface area contributed by atoms with E-state index in [0.29, 0.717) is 5.84 Å². The van der Waals surface area contributed by atoms with Crippen LogP contribution >= 0.6 is 11.3 Å². The third-order valence-corrected chi connectivity index (χ3v) is 1.70. The molecule has 0 N–H and O–H groups in total. The van der Waals surface area contributed by atoms with Crippen molar-refractivity contribution in [3.05, 3.63) is 22.9 Å². The number of hydrogen-bond acceptors (Lipinski definition) is 4. The average Bonchev–Trinajstić information content (AvgIpc) is 2.59. The van der Waals surface area contributed by atoms with Gasteiger partial charge in [-0.25, -0.2) is 10.3 Å². The predicted molar refractivity (Wildman–Crippen MR) is 37.7 cm³/mol. The molecule has 0 aliphatic carbocycles. The minimum atomic E-state index is 0.655. The van der Waals surface area contributed by atoms with Crippen molar-refractivity contribution in [2.45, 2.75) is 0 Å². The van der Waals surface area contributed by atoms with Gasteiger partial charge in [-0.3, -0.25) is 0 Å². The van der Waals surface area contributed by atoms with E-state index >= 15 is 0 Å². The molecule has 2 heterocycles. The molecular weight excluding hydrogens is 148 g/mol. The van der Waals surface area contributed by atoms with Gasteiger partial charge >= 0.3 is 0 Å². The summed E-state index contributed by atoms with van der Waals surface area (Å²) in [4.78, 5) is 3.96. The van der Waals surface area contributed by atoms with E-state index < -0.39 is 0 Å². The van der Waals surface area contributed by atoms with Gasteiger partial charge in [-0.15, -0.1) is 10.2 Å². The SMILES string of the molecule is C1=CN=C(c2nncs2)[N]1. The van der Waals surface area contributed by atoms with Gasteiger partial charge in [0, 0.05) is 12.4 Å². The molecule has 0 saturated heterocycles. The Labute approximate surface area is 61.3 Å². The van der Waals surface area contributed by atoms with Gasteiger partial charge in [0.25, 0.3) is 0 Å². The van der Waals surface area contributed by atoms with Gasteiger partial charge < -0.3 is 0 Å². The molecular formula is C5H3N4S. The van der Waals surface area contributed by atoms with Crippen molar-refractivity contribution in [1.29, 1.82) is 0 Å². The number of aromatic nitrogens is 2. The Morgan fingerprint density at radius 3 is 2.90 bits per heavy atom. The van der Waals surface area contributed by atoms with Crippen LogP contribution in [0.3, 0.4) is 0 Å². The van der Waals surface area contributed by atoms with Crippen molar-refractivity contribution in [2.24, 2.45) is 4.99 Å². The van der Waals surface area contributed by atoms with Crippen molar-refractivity contribution >= 4 is 17.2 Å². The molecule has 0 fully saturated rings. The van der Waals surface area contributed by atoms with Crippen molar-refractivity contribution < 1.29 is 0 Å². The van der Waals surface area contributed by atoms with Gasteiger partial charge in [-0.05, 0) is 0 Å². The van der Waals surface area contributed by atoms with Crippen molar-refractivity contribution in [3.63, 3.8) is 0 Å². The van der Waals surface area contributed by atoms with Crippen LogP contribution in [-0.4, -0.2) is 16.0 Å². The first-order chi connectivity index (χ1) is 4.97. The maximum absolute atomic E-state index is 3.96. The lowest BCUT2D eigenvalue weighted by atomic mass is 10.6. The van der Waals surface area contributed by atoms with E-state index in [0.717, 1.165) is 5.01 Å². The third-order valence-electron chi connectivity index (χ3n) is 1.01. The van der Waals surface area contributed by atoms with Crippen LogP contribution < -0.4 is 5.32 Å². The molecule has 5 heteroatoms. The van der Waals surface area contributed by atoms with Gasteiger partial charge in [0.05, 0.1) is 0 Å². The van der Waals surface area contributed by atoms with Crippen LogP contribution in [0, 0.1) is 0 Å². The highest BCUT2D eigenvalue weighted by Crippen LogP contribution is 2.05. The lowest BCUT2D eigenvalue weighted by molar-refractivity contribution is 1.07. The second kappa shape index (κ2) is 2.18. The topological polar surface area (TPSA) is 52.2 Å². The zero-order valence-electron chi connectivity index (χ0n) is 4.93. The van der Waals surface area contributed by atoms with E-state index in [1.807, 2.05) is 0 Å². The number of hydrogen-bond donors (Lipinski definition) is 0. The van der Waals surface area contributed by atoms with Crippen molar-refractivity contribution in [3.8, 4) is 0 Å². The minimum Gasteiger partial charge on any atom is -0.233 e. The summed E-state index contributed by atoms with van der Waals surface area (Å²) in [6.45, 7) is 0. The second-order valence-corrected chi connectivity index (χ2v) is 2.46. The zero-order valence-corrected chi connectivity index (χ0v) is 5.75. The second-order valence-electron chi connectivity index (χ2n) is 1.62. The van der Waals surface area contributed by atoms with Crippen molar-refractivity contribution in [1.82, 2.24) is 15.5 Å². The standard InChI is InChI=1S/C5H3N4S/c1-2-7-4(6-1)5-9-8-3-10-5/h1-3H. The summed E-state index contributed by atoms with van der Waals surface area (Å²) in [7, 11) is 0. The summed E-state index contributed by atoms with van der Waals surface area (Å²) in [6.07, 6.45) is 3.27. The molecule has 2 rings (SSSR count). The Kier molecular flexibility index (Phi) is 1.21. The summed E-state index contributed by atoms with van der Waals surface area (Å²) < 4.78 is 0. The third kappa shape index (κ3) is 0.801. The number of rotatable bonds is 1. The van der Waals surface area contributed by atoms with E-state index in [-0.39, 0.29) is 0 Å². The quantitative estimate of drug-likeness (QED) is 0.582. The highest BCUT2D eigenvalue weighted by Gasteiger charge is 2.08. The molecule has 0 aromatic carbocycles. The minimum absolute atomic E-state index is 0.655. The molecule has 0 unspecified atom stereocenters. The van der Waals surface area contributed by atoms with Gasteiger partial charge in [-0.1, -0.05) is 11.3 Å². The number of amidine groups is 1. The first kappa shape index (κ1) is 5.55. The van der Waals surface area contributed by atoms with Crippen LogP contribution in [0.25, 0.3) is 0 Å². The predicted octanol–water partition coefficient (Wildman–Crippen LogP) is 0.374. The van der Waals surface area contributed by atoms with E-state index in [2.05, 4.69) is 20.5 Å². The molecule has 0 amide bonds. The Balaban J connectivity index is 2.30. The zero-order chi connectivity index (χ0) is 6.81. The average molecular weight is 151 g/mol. The van der Waals surface area contributed by atoms with Crippen LogP contribution in [0.4, 0.5) is 0 Å². The Hall–Kier alpha value is -1.23. The molecule has 0 atom stereocenters. The van der Waals surface area contributed by atoms with Crippen LogP contribution in [0.1, 0.15) is 5.01 Å². The molecule has 1 radical (unpaired) electrons. The molecule has 0 saturated carbocycles. The van der Waals surface area contributed by atoms with Gasteiger partial charge in [0.2, 0.25) is 0 Å². The highest BCUT2D eigenvalue weighted by molar-refractivity contribution is 7.11. The van der Waals surface area contributed by atoms with Crippen LogP contribution in [0.2, 0.25) is 0 Å². The Bertz CT molecular complexity index is 274. The maximum Gasteiger partial charge on any atom is 0.190 e. The molecule has 1 aliphatic rings. The van der Waals surface area contributed by atoms with E-state index in [1.54, 1.807) is 17.9 Å². The molecule has 1 aromatic rings. The van der Waals surface area contributed by atoms with E-state index in [9.17, 15) is 0 Å². The fraction of sp³-hybridized carbons (Fsp3) is 0. The van der Waals surface area contributed by atoms with Gasteiger partial charge in [0.1, 0.15) is 5.51 Å². The summed E-state index contributed by atoms with van der Waals surface area (Å²) in [5.41, 5.74) is 1.66. The van der Waals surface area contributed by atoms with Crippen LogP contribution in [0.5, 0.6) is 0 Å². The molecule has 4 nitrogen and oxygen atoms in total. The molecule has 0 bridgehead atoms. The molecule has 10 heavy (non-hydrogen) atoms. The smallest absolute Gasteiger partial charge is 0.190 e. The van der Waals surface area contributed by atoms with Crippen LogP contribution in [0.15, 0.2) is 22.9 Å². The molecule has 1 aliphatic heterocycles. The molecule has 0 spiro atoms. The fourth-order valence-electron chi connectivity index (χ4n) is 0.622. The maximum atomic E-state index is 3.96. The van der Waals surface area contributed by atoms with E-state index in [1.165, 1.54) is 11.3 Å². The largest absolute Gasteiger partial charge is 0.233 e. The summed E-state index contributed by atoms with van der Waals surface area (Å²) in [5.74, 6) is 0.655. The molecule has 49 valence electrons. The Morgan fingerprint density at radius 1 is 1.30 bits per heavy atom. The highest BCUT2D eigenvalue weighted by atomic mass is 32.1. The molecule has 1 aromatic heterocycles. The summed E-state index contributed by atoms with van der Waals surface area (Å²) in [5, 5.41) is 12.2. The summed E-state index contributed by atoms with van der Waals surface area (Å²) in [6, 6.07) is 0. The van der Waals surface area contributed by atoms with E-state index in [4.69, 9.17) is 0 Å². The number of nitrogens with zero attached hydrogens (tertiary/aromatic N) is 4. The lowest BCUT2D eigenvalue weighted by Gasteiger charge is -1.87. The first-order valence-corrected chi connectivity index (χ1v) is 3.55. The monoisotopic (exact) mass is 151 g/mol. The van der Waals surface area contributed by atoms with Gasteiger partial charge in [0.15, 0.2) is 10.8 Å². The Morgan fingerprint density at radius 2 is 2.30 bits per heavy atom. The normalized spacial score (nSPS) is 15.0. The number of aliphatic imine (C=N–C) groups is 1.